The van der Waals surface area contributed by atoms with Crippen molar-refractivity contribution in [3.63, 3.8) is 0 Å². The number of halogens is 1. The first-order valence-corrected chi connectivity index (χ1v) is 11.2. The third-order valence-electron chi connectivity index (χ3n) is 5.72. The number of nitrogens with zero attached hydrogens (tertiary/aromatic N) is 3. The van der Waals surface area contributed by atoms with Gasteiger partial charge in [-0.1, -0.05) is 41.9 Å². The van der Waals surface area contributed by atoms with Crippen LogP contribution in [0.2, 0.25) is 5.02 Å². The van der Waals surface area contributed by atoms with Crippen LogP contribution in [0.15, 0.2) is 65.6 Å². The van der Waals surface area contributed by atoms with Gasteiger partial charge in [0.1, 0.15) is 5.82 Å². The number of nitrogens with one attached hydrogen (secondary N) is 2. The number of hydrogen-bond acceptors (Lipinski definition) is 5. The maximum absolute atomic E-state index is 13.6. The average Bonchev–Trinajstić information content (AvgIpc) is 3.60. The fourth-order valence-electron chi connectivity index (χ4n) is 3.85. The molecular weight excluding hydrogens is 422 g/mol. The van der Waals surface area contributed by atoms with Gasteiger partial charge in [0.05, 0.1) is 16.5 Å². The highest BCUT2D eigenvalue weighted by Crippen LogP contribution is 2.28. The quantitative estimate of drug-likeness (QED) is 0.410. The predicted octanol–water partition coefficient (Wildman–Crippen LogP) is 5.49. The van der Waals surface area contributed by atoms with E-state index in [-0.39, 0.29) is 11.6 Å². The number of hydrogen-bond donors (Lipinski definition) is 2. The third-order valence-corrected chi connectivity index (χ3v) is 6.03. The van der Waals surface area contributed by atoms with E-state index in [9.17, 15) is 4.79 Å². The highest BCUT2D eigenvalue weighted by atomic mass is 35.5. The van der Waals surface area contributed by atoms with Crippen LogP contribution in [0.3, 0.4) is 0 Å². The molecule has 5 rings (SSSR count). The minimum atomic E-state index is -0.200. The van der Waals surface area contributed by atoms with Crippen LogP contribution in [0.1, 0.15) is 37.1 Å². The van der Waals surface area contributed by atoms with E-state index < -0.39 is 0 Å². The molecule has 0 bridgehead atoms. The molecule has 0 unspecified atom stereocenters. The first kappa shape index (κ1) is 20.5. The van der Waals surface area contributed by atoms with E-state index in [2.05, 4.69) is 20.6 Å². The number of benzene rings is 2. The molecule has 2 aromatic heterocycles. The van der Waals surface area contributed by atoms with Crippen molar-refractivity contribution in [2.45, 2.75) is 38.8 Å². The van der Waals surface area contributed by atoms with Crippen LogP contribution >= 0.6 is 11.6 Å². The van der Waals surface area contributed by atoms with Crippen LogP contribution < -0.4 is 16.2 Å². The molecule has 1 fully saturated rings. The first-order chi connectivity index (χ1) is 15.5. The molecule has 162 valence electrons. The molecule has 2 N–H and O–H groups in total. The Balaban J connectivity index is 1.61. The van der Waals surface area contributed by atoms with E-state index >= 15 is 0 Å². The van der Waals surface area contributed by atoms with Gasteiger partial charge < -0.3 is 10.6 Å². The van der Waals surface area contributed by atoms with Crippen molar-refractivity contribution in [1.82, 2.24) is 14.5 Å². The Hall–Kier alpha value is -3.38. The van der Waals surface area contributed by atoms with E-state index in [1.54, 1.807) is 10.6 Å². The molecule has 6 nitrogen and oxygen atoms in total. The van der Waals surface area contributed by atoms with Crippen molar-refractivity contribution < 1.29 is 0 Å². The highest BCUT2D eigenvalue weighted by Gasteiger charge is 2.23. The molecule has 1 aliphatic rings. The van der Waals surface area contributed by atoms with Gasteiger partial charge in [0.15, 0.2) is 0 Å². The molecule has 1 saturated carbocycles. The van der Waals surface area contributed by atoms with Gasteiger partial charge in [0.25, 0.3) is 5.56 Å². The Kier molecular flexibility index (Phi) is 5.31. The maximum atomic E-state index is 13.6. The lowest BCUT2D eigenvalue weighted by molar-refractivity contribution is 0.771. The van der Waals surface area contributed by atoms with Gasteiger partial charge in [-0.3, -0.25) is 9.36 Å². The van der Waals surface area contributed by atoms with E-state index in [0.29, 0.717) is 22.4 Å². The molecule has 7 heteroatoms. The zero-order chi connectivity index (χ0) is 22.2. The standard InChI is InChI=1S/C25H24ClN5O/c1-15-14-27-25(29-18-11-12-18)30-23(15)28-16(2)21-13-17-7-6-10-20(26)22(17)24(32)31(21)19-8-4-3-5-9-19/h3-10,13-14,16,18H,11-12H2,1-2H3,(H2,27,28,29,30)/t16-/m0/s1. The van der Waals surface area contributed by atoms with Crippen molar-refractivity contribution in [3.05, 3.63) is 87.4 Å². The smallest absolute Gasteiger partial charge is 0.264 e. The van der Waals surface area contributed by atoms with E-state index in [1.807, 2.05) is 68.6 Å². The van der Waals surface area contributed by atoms with Gasteiger partial charge in [0, 0.05) is 29.2 Å². The summed E-state index contributed by atoms with van der Waals surface area (Å²) >= 11 is 6.42. The van der Waals surface area contributed by atoms with Crippen molar-refractivity contribution in [2.24, 2.45) is 0 Å². The summed E-state index contributed by atoms with van der Waals surface area (Å²) in [5, 5.41) is 8.62. The lowest BCUT2D eigenvalue weighted by atomic mass is 10.1. The normalized spacial score (nSPS) is 14.3. The Bertz CT molecular complexity index is 1350. The van der Waals surface area contributed by atoms with E-state index in [0.717, 1.165) is 41.0 Å². The summed E-state index contributed by atoms with van der Waals surface area (Å²) in [6.45, 7) is 4.00. The van der Waals surface area contributed by atoms with Gasteiger partial charge in [0.2, 0.25) is 5.95 Å². The van der Waals surface area contributed by atoms with Crippen molar-refractivity contribution in [1.29, 1.82) is 0 Å². The second-order valence-corrected chi connectivity index (χ2v) is 8.67. The zero-order valence-electron chi connectivity index (χ0n) is 18.0. The van der Waals surface area contributed by atoms with Crippen LogP contribution in [0.25, 0.3) is 16.5 Å². The molecule has 32 heavy (non-hydrogen) atoms. The molecule has 4 aromatic rings. The monoisotopic (exact) mass is 445 g/mol. The topological polar surface area (TPSA) is 71.8 Å². The molecule has 0 amide bonds. The van der Waals surface area contributed by atoms with Crippen molar-refractivity contribution in [2.75, 3.05) is 10.6 Å². The van der Waals surface area contributed by atoms with Crippen LogP contribution in [0.5, 0.6) is 0 Å². The Morgan fingerprint density at radius 1 is 1.12 bits per heavy atom. The van der Waals surface area contributed by atoms with Crippen LogP contribution in [-0.4, -0.2) is 20.6 Å². The number of aromatic nitrogens is 3. The Morgan fingerprint density at radius 3 is 2.66 bits per heavy atom. The fraction of sp³-hybridized carbons (Fsp3) is 0.240. The Morgan fingerprint density at radius 2 is 1.91 bits per heavy atom. The van der Waals surface area contributed by atoms with Gasteiger partial charge >= 0.3 is 0 Å². The maximum Gasteiger partial charge on any atom is 0.264 e. The first-order valence-electron chi connectivity index (χ1n) is 10.8. The zero-order valence-corrected chi connectivity index (χ0v) is 18.7. The van der Waals surface area contributed by atoms with Crippen LogP contribution in [-0.2, 0) is 0 Å². The molecule has 0 aliphatic heterocycles. The minimum Gasteiger partial charge on any atom is -0.362 e. The van der Waals surface area contributed by atoms with Gasteiger partial charge in [-0.15, -0.1) is 0 Å². The molecular formula is C25H24ClN5O. The molecule has 1 atom stereocenters. The summed E-state index contributed by atoms with van der Waals surface area (Å²) in [5.74, 6) is 1.37. The third kappa shape index (κ3) is 3.94. The summed E-state index contributed by atoms with van der Waals surface area (Å²) in [6.07, 6.45) is 4.12. The molecule has 0 saturated heterocycles. The average molecular weight is 446 g/mol. The number of anilines is 2. The molecule has 1 aliphatic carbocycles. The number of fused-ring (bicyclic) bond motifs is 1. The summed E-state index contributed by atoms with van der Waals surface area (Å²) in [7, 11) is 0. The van der Waals surface area contributed by atoms with Gasteiger partial charge in [-0.25, -0.2) is 4.98 Å². The Labute approximate surface area is 191 Å². The lowest BCUT2D eigenvalue weighted by Crippen LogP contribution is -2.26. The minimum absolute atomic E-state index is 0.140. The summed E-state index contributed by atoms with van der Waals surface area (Å²) in [4.78, 5) is 22.7. The van der Waals surface area contributed by atoms with E-state index in [4.69, 9.17) is 11.6 Å². The van der Waals surface area contributed by atoms with Crippen molar-refractivity contribution >= 4 is 34.1 Å². The summed E-state index contributed by atoms with van der Waals surface area (Å²) in [6, 6.07) is 17.4. The van der Waals surface area contributed by atoms with Crippen molar-refractivity contribution in [3.8, 4) is 5.69 Å². The number of para-hydroxylation sites is 1. The lowest BCUT2D eigenvalue weighted by Gasteiger charge is -2.22. The largest absolute Gasteiger partial charge is 0.362 e. The highest BCUT2D eigenvalue weighted by molar-refractivity contribution is 6.35. The number of rotatable bonds is 6. The second-order valence-electron chi connectivity index (χ2n) is 8.26. The number of aryl methyl sites for hydroxylation is 1. The molecule has 2 heterocycles. The second kappa shape index (κ2) is 8.28. The van der Waals surface area contributed by atoms with Crippen LogP contribution in [0.4, 0.5) is 11.8 Å². The SMILES string of the molecule is Cc1cnc(NC2CC2)nc1N[C@@H](C)c1cc2cccc(Cl)c2c(=O)n1-c1ccccc1. The van der Waals surface area contributed by atoms with Crippen LogP contribution in [0, 0.1) is 6.92 Å². The fourth-order valence-corrected chi connectivity index (χ4v) is 4.11. The molecule has 0 spiro atoms. The number of pyridine rings is 1. The van der Waals surface area contributed by atoms with Gasteiger partial charge in [-0.05, 0) is 56.3 Å². The molecule has 2 aromatic carbocycles. The molecule has 0 radical (unpaired) electrons. The predicted molar refractivity (Wildman–Crippen MR) is 130 cm³/mol. The van der Waals surface area contributed by atoms with Gasteiger partial charge in [-0.2, -0.15) is 4.98 Å². The van der Waals surface area contributed by atoms with E-state index in [1.165, 1.54) is 0 Å². The summed E-state index contributed by atoms with van der Waals surface area (Å²) in [5.41, 5.74) is 2.42. The summed E-state index contributed by atoms with van der Waals surface area (Å²) < 4.78 is 1.73.